The van der Waals surface area contributed by atoms with Crippen molar-refractivity contribution in [2.24, 2.45) is 0 Å². The maximum atomic E-state index is 12.0. The van der Waals surface area contributed by atoms with E-state index in [0.717, 1.165) is 0 Å². The van der Waals surface area contributed by atoms with Gasteiger partial charge in [0.1, 0.15) is 12.6 Å². The van der Waals surface area contributed by atoms with Gasteiger partial charge in [0.05, 0.1) is 0 Å². The number of carboxylic acids is 1. The third-order valence-corrected chi connectivity index (χ3v) is 2.99. The lowest BCUT2D eigenvalue weighted by molar-refractivity contribution is -0.143. The van der Waals surface area contributed by atoms with Crippen LogP contribution in [0.3, 0.4) is 0 Å². The molecule has 20 heavy (non-hydrogen) atoms. The standard InChI is InChI=1S/C14H17NO5/c1-2-5-9(14(17)18)15-13(16)12-8-19-10-6-3-4-7-11(10)20-12/h3-4,6-7,9,12H,2,5,8H2,1H3,(H,15,16)(H,17,18)/t9-,12?/m0/s1. The van der Waals surface area contributed by atoms with Gasteiger partial charge in [0, 0.05) is 0 Å². The highest BCUT2D eigenvalue weighted by Crippen LogP contribution is 2.30. The highest BCUT2D eigenvalue weighted by atomic mass is 16.6. The molecule has 0 bridgehead atoms. The van der Waals surface area contributed by atoms with Crippen molar-refractivity contribution in [2.75, 3.05) is 6.61 Å². The minimum absolute atomic E-state index is 0.0707. The number of hydrogen-bond acceptors (Lipinski definition) is 4. The summed E-state index contributed by atoms with van der Waals surface area (Å²) in [6.45, 7) is 1.93. The van der Waals surface area contributed by atoms with Gasteiger partial charge >= 0.3 is 5.97 Å². The molecule has 2 atom stereocenters. The van der Waals surface area contributed by atoms with E-state index in [0.29, 0.717) is 24.3 Å². The van der Waals surface area contributed by atoms with Crippen LogP contribution >= 0.6 is 0 Å². The van der Waals surface area contributed by atoms with E-state index < -0.39 is 24.0 Å². The molecule has 2 N–H and O–H groups in total. The van der Waals surface area contributed by atoms with Crippen LogP contribution in [0.2, 0.25) is 0 Å². The lowest BCUT2D eigenvalue weighted by atomic mass is 10.1. The summed E-state index contributed by atoms with van der Waals surface area (Å²) < 4.78 is 10.9. The van der Waals surface area contributed by atoms with Crippen LogP contribution < -0.4 is 14.8 Å². The average Bonchev–Trinajstić information content (AvgIpc) is 2.46. The summed E-state index contributed by atoms with van der Waals surface area (Å²) in [5.41, 5.74) is 0. The van der Waals surface area contributed by atoms with Crippen LogP contribution in [0.25, 0.3) is 0 Å². The van der Waals surface area contributed by atoms with Crippen LogP contribution in [0.5, 0.6) is 11.5 Å². The fourth-order valence-electron chi connectivity index (χ4n) is 1.96. The second kappa shape index (κ2) is 6.27. The van der Waals surface area contributed by atoms with Crippen molar-refractivity contribution in [3.63, 3.8) is 0 Å². The Bertz CT molecular complexity index is 502. The third kappa shape index (κ3) is 3.20. The quantitative estimate of drug-likeness (QED) is 0.846. The maximum absolute atomic E-state index is 12.0. The maximum Gasteiger partial charge on any atom is 0.326 e. The van der Waals surface area contributed by atoms with Crippen molar-refractivity contribution in [3.05, 3.63) is 24.3 Å². The SMILES string of the molecule is CCC[C@H](NC(=O)C1COc2ccccc2O1)C(=O)O. The summed E-state index contributed by atoms with van der Waals surface area (Å²) in [5.74, 6) is -0.446. The summed E-state index contributed by atoms with van der Waals surface area (Å²) in [6.07, 6.45) is 0.219. The zero-order valence-electron chi connectivity index (χ0n) is 11.2. The first kappa shape index (κ1) is 14.2. The Balaban J connectivity index is 1.99. The zero-order chi connectivity index (χ0) is 14.5. The van der Waals surface area contributed by atoms with E-state index in [1.807, 2.05) is 13.0 Å². The molecule has 1 unspecified atom stereocenters. The third-order valence-electron chi connectivity index (χ3n) is 2.99. The summed E-state index contributed by atoms with van der Waals surface area (Å²) in [4.78, 5) is 23.0. The number of aliphatic carboxylic acids is 1. The lowest BCUT2D eigenvalue weighted by Gasteiger charge is -2.26. The number of carbonyl (C=O) groups excluding carboxylic acids is 1. The van der Waals surface area contributed by atoms with Gasteiger partial charge in [-0.1, -0.05) is 25.5 Å². The summed E-state index contributed by atoms with van der Waals surface area (Å²) >= 11 is 0. The number of amides is 1. The molecule has 0 aliphatic carbocycles. The molecule has 1 heterocycles. The van der Waals surface area contributed by atoms with Crippen LogP contribution in [0, 0.1) is 0 Å². The van der Waals surface area contributed by atoms with Gasteiger partial charge in [-0.15, -0.1) is 0 Å². The van der Waals surface area contributed by atoms with Crippen molar-refractivity contribution < 1.29 is 24.2 Å². The highest BCUT2D eigenvalue weighted by Gasteiger charge is 2.30. The Morgan fingerprint density at radius 2 is 2.10 bits per heavy atom. The number of nitrogens with one attached hydrogen (secondary N) is 1. The molecule has 0 saturated carbocycles. The highest BCUT2D eigenvalue weighted by molar-refractivity contribution is 5.86. The normalized spacial score (nSPS) is 18.1. The van der Waals surface area contributed by atoms with E-state index in [1.165, 1.54) is 0 Å². The number of carboxylic acid groups (broad SMARTS) is 1. The fraction of sp³-hybridized carbons (Fsp3) is 0.429. The number of hydrogen-bond donors (Lipinski definition) is 2. The first-order chi connectivity index (χ1) is 9.61. The molecule has 1 aliphatic heterocycles. The van der Waals surface area contributed by atoms with Gasteiger partial charge in [0.15, 0.2) is 11.5 Å². The average molecular weight is 279 g/mol. The summed E-state index contributed by atoms with van der Waals surface area (Å²) in [6, 6.07) is 6.15. The second-order valence-electron chi connectivity index (χ2n) is 4.55. The van der Waals surface area contributed by atoms with E-state index in [2.05, 4.69) is 5.32 Å². The number of rotatable bonds is 5. The second-order valence-corrected chi connectivity index (χ2v) is 4.55. The van der Waals surface area contributed by atoms with Gasteiger partial charge in [0.2, 0.25) is 6.10 Å². The molecule has 1 aliphatic rings. The molecule has 0 fully saturated rings. The van der Waals surface area contributed by atoms with E-state index in [4.69, 9.17) is 14.6 Å². The number of benzene rings is 1. The molecule has 1 aromatic rings. The lowest BCUT2D eigenvalue weighted by Crippen LogP contribution is -2.50. The van der Waals surface area contributed by atoms with E-state index in [9.17, 15) is 9.59 Å². The van der Waals surface area contributed by atoms with Crippen LogP contribution in [-0.2, 0) is 9.59 Å². The van der Waals surface area contributed by atoms with E-state index in [1.54, 1.807) is 18.2 Å². The number of carbonyl (C=O) groups is 2. The van der Waals surface area contributed by atoms with Crippen LogP contribution in [0.4, 0.5) is 0 Å². The van der Waals surface area contributed by atoms with Gasteiger partial charge in [-0.05, 0) is 18.6 Å². The Morgan fingerprint density at radius 1 is 1.40 bits per heavy atom. The van der Waals surface area contributed by atoms with Gasteiger partial charge in [-0.2, -0.15) is 0 Å². The Hall–Kier alpha value is -2.24. The molecule has 108 valence electrons. The molecule has 2 rings (SSSR count). The molecular weight excluding hydrogens is 262 g/mol. The van der Waals surface area contributed by atoms with Gasteiger partial charge in [-0.3, -0.25) is 4.79 Å². The van der Waals surface area contributed by atoms with Crippen molar-refractivity contribution in [1.82, 2.24) is 5.32 Å². The largest absolute Gasteiger partial charge is 0.485 e. The zero-order valence-corrected chi connectivity index (χ0v) is 11.2. The van der Waals surface area contributed by atoms with Crippen molar-refractivity contribution >= 4 is 11.9 Å². The Labute approximate surface area is 116 Å². The molecule has 0 aromatic heterocycles. The summed E-state index contributed by atoms with van der Waals surface area (Å²) in [5, 5.41) is 11.5. The Morgan fingerprint density at radius 3 is 2.75 bits per heavy atom. The monoisotopic (exact) mass is 279 g/mol. The molecule has 1 aromatic carbocycles. The predicted molar refractivity (Wildman–Crippen MR) is 70.8 cm³/mol. The van der Waals surface area contributed by atoms with Crippen LogP contribution in [-0.4, -0.2) is 35.7 Å². The number of para-hydroxylation sites is 2. The molecule has 6 nitrogen and oxygen atoms in total. The first-order valence-corrected chi connectivity index (χ1v) is 6.53. The fourth-order valence-corrected chi connectivity index (χ4v) is 1.96. The van der Waals surface area contributed by atoms with Crippen molar-refractivity contribution in [3.8, 4) is 11.5 Å². The van der Waals surface area contributed by atoms with E-state index >= 15 is 0 Å². The van der Waals surface area contributed by atoms with Crippen molar-refractivity contribution in [2.45, 2.75) is 31.9 Å². The molecule has 1 amide bonds. The number of ether oxygens (including phenoxy) is 2. The molecular formula is C14H17NO5. The van der Waals surface area contributed by atoms with Gasteiger partial charge < -0.3 is 19.9 Å². The van der Waals surface area contributed by atoms with E-state index in [-0.39, 0.29) is 6.61 Å². The molecule has 0 radical (unpaired) electrons. The van der Waals surface area contributed by atoms with Crippen LogP contribution in [0.15, 0.2) is 24.3 Å². The molecule has 0 spiro atoms. The predicted octanol–water partition coefficient (Wildman–Crippen LogP) is 1.20. The van der Waals surface area contributed by atoms with Gasteiger partial charge in [-0.25, -0.2) is 4.79 Å². The summed E-state index contributed by atoms with van der Waals surface area (Å²) in [7, 11) is 0. The van der Waals surface area contributed by atoms with Crippen molar-refractivity contribution in [1.29, 1.82) is 0 Å². The minimum Gasteiger partial charge on any atom is -0.485 e. The van der Waals surface area contributed by atoms with Gasteiger partial charge in [0.25, 0.3) is 5.91 Å². The minimum atomic E-state index is -1.04. The first-order valence-electron chi connectivity index (χ1n) is 6.53. The topological polar surface area (TPSA) is 84.9 Å². The Kier molecular flexibility index (Phi) is 4.45. The van der Waals surface area contributed by atoms with Crippen LogP contribution in [0.1, 0.15) is 19.8 Å². The number of fused-ring (bicyclic) bond motifs is 1. The smallest absolute Gasteiger partial charge is 0.326 e. The molecule has 6 heteroatoms. The molecule has 0 saturated heterocycles.